The topological polar surface area (TPSA) is 310 Å². The van der Waals surface area contributed by atoms with Crippen molar-refractivity contribution in [3.05, 3.63) is 70.1 Å². The largest absolute Gasteiger partial charge is 0.497 e. The van der Waals surface area contributed by atoms with E-state index >= 15 is 9.59 Å². The predicted octanol–water partition coefficient (Wildman–Crippen LogP) is 3.48. The number of nitrogens with one attached hydrogen (secondary N) is 4. The predicted molar refractivity (Wildman–Crippen MR) is 327 cm³/mol. The highest BCUT2D eigenvalue weighted by atomic mass is 16.6. The number of ether oxygens (including phenoxy) is 3. The highest BCUT2D eigenvalue weighted by Crippen LogP contribution is 2.27. The number of likely N-dealkylation sites (N-methyl/N-ethyl adjacent to an activating group) is 2. The van der Waals surface area contributed by atoms with E-state index in [1.54, 1.807) is 84.0 Å². The Labute approximate surface area is 515 Å². The maximum atomic E-state index is 15.1. The third-order valence-electron chi connectivity index (χ3n) is 16.5. The van der Waals surface area contributed by atoms with Crippen LogP contribution in [0.3, 0.4) is 0 Å². The second kappa shape index (κ2) is 31.8. The van der Waals surface area contributed by atoms with Crippen LogP contribution in [0, 0.1) is 29.6 Å². The first-order valence-electron chi connectivity index (χ1n) is 30.4. The van der Waals surface area contributed by atoms with E-state index in [0.717, 1.165) is 10.6 Å². The summed E-state index contributed by atoms with van der Waals surface area (Å²) in [5.74, 6) is -10.6. The number of Topliss-reactive ketones (excluding diaryl/α,β-unsaturated/α-hetero) is 1. The lowest BCUT2D eigenvalue weighted by atomic mass is 9.91. The molecule has 2 fully saturated rings. The van der Waals surface area contributed by atoms with Gasteiger partial charge in [0.2, 0.25) is 41.4 Å². The van der Waals surface area contributed by atoms with Gasteiger partial charge in [0, 0.05) is 64.4 Å². The number of rotatable bonds is 18. The molecule has 2 aromatic carbocycles. The normalized spacial score (nSPS) is 23.9. The minimum absolute atomic E-state index is 0.0280. The fourth-order valence-corrected chi connectivity index (χ4v) is 11.0. The minimum atomic E-state index is -1.80. The SMILES string of the molecule is CC[C@H](C)C1NC(=O)C(NC(=O)C(CC(C)C)N(C)C(=O)CNC(=O)Cc2cc(=O)oc3cc(N(C)C)ccc23)[C@@H](C)OC(=O)C(Cc2ccc(OC)cc2)N(C)C(=O)[C@@H]2CCCN2C(=O)C(CC(C)C)NC(=O)[C@@H](C)C(=O)C(C(C)C)OC(=O)C[C@@H]1O. The van der Waals surface area contributed by atoms with Crippen molar-refractivity contribution in [2.75, 3.05) is 53.3 Å². The Kier molecular flexibility index (Phi) is 25.6. The van der Waals surface area contributed by atoms with Gasteiger partial charge in [-0.15, -0.1) is 0 Å². The summed E-state index contributed by atoms with van der Waals surface area (Å²) < 4.78 is 22.7. The number of nitrogens with zero attached hydrogens (tertiary/aromatic N) is 4. The number of carbonyl (C=O) groups is 10. The zero-order valence-electron chi connectivity index (χ0n) is 53.6. The lowest BCUT2D eigenvalue weighted by molar-refractivity contribution is -0.163. The van der Waals surface area contributed by atoms with Crippen molar-refractivity contribution in [1.82, 2.24) is 36.0 Å². The van der Waals surface area contributed by atoms with Gasteiger partial charge in [0.25, 0.3) is 0 Å². The highest BCUT2D eigenvalue weighted by Gasteiger charge is 2.45. The number of cyclic esters (lactones) is 2. The van der Waals surface area contributed by atoms with Crippen LogP contribution < -0.4 is 36.5 Å². The Bertz CT molecular complexity index is 3050. The van der Waals surface area contributed by atoms with E-state index in [-0.39, 0.29) is 56.1 Å². The van der Waals surface area contributed by atoms with Crippen LogP contribution in [0.25, 0.3) is 11.0 Å². The number of anilines is 1. The molecule has 2 aliphatic rings. The fraction of sp³-hybridized carbons (Fsp3) is 0.609. The molecule has 6 unspecified atom stereocenters. The molecule has 24 heteroatoms. The Hall–Kier alpha value is -7.89. The van der Waals surface area contributed by atoms with Crippen molar-refractivity contribution in [1.29, 1.82) is 0 Å². The van der Waals surface area contributed by atoms with E-state index in [4.69, 9.17) is 18.6 Å². The molecular formula is C64H92N8O16. The van der Waals surface area contributed by atoms with E-state index < -0.39 is 150 Å². The van der Waals surface area contributed by atoms with Crippen LogP contribution in [-0.4, -0.2) is 182 Å². The van der Waals surface area contributed by atoms with Gasteiger partial charge in [-0.3, -0.25) is 43.2 Å². The van der Waals surface area contributed by atoms with Gasteiger partial charge in [-0.05, 0) is 98.6 Å². The Morgan fingerprint density at radius 3 is 2.12 bits per heavy atom. The monoisotopic (exact) mass is 1230 g/mol. The average Bonchev–Trinajstić information content (AvgIpc) is 1.60. The van der Waals surface area contributed by atoms with Crippen molar-refractivity contribution >= 4 is 75.7 Å². The number of hydrogen-bond donors (Lipinski definition) is 5. The third-order valence-corrected chi connectivity index (χ3v) is 16.5. The molecule has 0 aliphatic carbocycles. The standard InChI is InChI=1S/C64H92N8O16/c1-16-37(8)55-49(73)32-54(77)88-58(36(6)7)57(78)38(9)59(79)66-45(26-34(2)3)62(82)72-25-17-18-46(72)63(83)71(14)48(28-40-19-22-43(85-15)23-20-40)64(84)86-39(10)56(61(81)67-55)68-60(80)47(27-35(4)5)70(13)52(75)33-65-51(74)29-41-30-53(76)87-50-31-42(69(11)12)21-24-44(41)50/h19-24,30-31,34-39,45-49,55-56,58,73H,16-18,25-29,32-33H2,1-15H3,(H,65,74)(H,66,79)(H,67,81)(H,68,80)/t37-,38-,39+,45?,46-,47?,48?,49-,55?,56?,58?/m0/s1. The second-order valence-corrected chi connectivity index (χ2v) is 24.8. The molecule has 88 heavy (non-hydrogen) atoms. The summed E-state index contributed by atoms with van der Waals surface area (Å²) in [5.41, 5.74) is 1.26. The lowest BCUT2D eigenvalue weighted by Gasteiger charge is -2.36. The van der Waals surface area contributed by atoms with Crippen LogP contribution in [0.1, 0.15) is 119 Å². The zero-order chi connectivity index (χ0) is 65.6. The molecule has 5 rings (SSSR count). The average molecular weight is 1230 g/mol. The number of aliphatic hydroxyl groups is 1. The summed E-state index contributed by atoms with van der Waals surface area (Å²) in [6, 6.07) is 4.99. The van der Waals surface area contributed by atoms with Gasteiger partial charge in [-0.25, -0.2) is 9.59 Å². The van der Waals surface area contributed by atoms with Gasteiger partial charge in [0.05, 0.1) is 44.6 Å². The second-order valence-electron chi connectivity index (χ2n) is 24.8. The molecule has 7 amide bonds. The Balaban J connectivity index is 1.55. The summed E-state index contributed by atoms with van der Waals surface area (Å²) in [6.07, 6.45) is -4.86. The van der Waals surface area contributed by atoms with E-state index in [2.05, 4.69) is 21.3 Å². The molecule has 484 valence electrons. The summed E-state index contributed by atoms with van der Waals surface area (Å²) in [4.78, 5) is 162. The van der Waals surface area contributed by atoms with Crippen LogP contribution in [0.15, 0.2) is 57.7 Å². The van der Waals surface area contributed by atoms with Crippen LogP contribution in [-0.2, 0) is 70.3 Å². The van der Waals surface area contributed by atoms with Gasteiger partial charge in [-0.2, -0.15) is 0 Å². The number of amides is 7. The minimum Gasteiger partial charge on any atom is -0.497 e. The highest BCUT2D eigenvalue weighted by molar-refractivity contribution is 6.05. The lowest BCUT2D eigenvalue weighted by Crippen LogP contribution is -2.61. The smallest absolute Gasteiger partial charge is 0.336 e. The molecule has 2 aliphatic heterocycles. The molecule has 3 aromatic rings. The van der Waals surface area contributed by atoms with E-state index in [1.165, 1.54) is 50.9 Å². The number of ketones is 1. The summed E-state index contributed by atoms with van der Waals surface area (Å²) in [7, 11) is 7.87. The van der Waals surface area contributed by atoms with Crippen LogP contribution in [0.2, 0.25) is 0 Å². The first-order valence-corrected chi connectivity index (χ1v) is 30.4. The number of fused-ring (bicyclic) bond motifs is 2. The molecule has 0 radical (unpaired) electrons. The quantitative estimate of drug-likeness (QED) is 0.0692. The van der Waals surface area contributed by atoms with Crippen LogP contribution in [0.5, 0.6) is 5.75 Å². The zero-order valence-corrected chi connectivity index (χ0v) is 53.6. The number of methoxy groups -OCH3 is 1. The first kappa shape index (κ1) is 70.9. The number of aliphatic hydroxyl groups excluding tert-OH is 1. The van der Waals surface area contributed by atoms with E-state index in [9.17, 15) is 48.3 Å². The Morgan fingerprint density at radius 2 is 1.52 bits per heavy atom. The molecular weight excluding hydrogens is 1140 g/mol. The van der Waals surface area contributed by atoms with Crippen molar-refractivity contribution in [2.24, 2.45) is 29.6 Å². The van der Waals surface area contributed by atoms with Gasteiger partial charge in [0.1, 0.15) is 47.6 Å². The van der Waals surface area contributed by atoms with Gasteiger partial charge >= 0.3 is 17.6 Å². The molecule has 24 nitrogen and oxygen atoms in total. The first-order chi connectivity index (χ1) is 41.4. The van der Waals surface area contributed by atoms with E-state index in [1.807, 2.05) is 32.8 Å². The van der Waals surface area contributed by atoms with Crippen LogP contribution >= 0.6 is 0 Å². The number of esters is 2. The third kappa shape index (κ3) is 18.6. The van der Waals surface area contributed by atoms with E-state index in [0.29, 0.717) is 35.1 Å². The molecule has 0 spiro atoms. The molecule has 1 aromatic heterocycles. The van der Waals surface area contributed by atoms with Gasteiger partial charge < -0.3 is 64.6 Å². The maximum absolute atomic E-state index is 15.1. The van der Waals surface area contributed by atoms with Crippen LogP contribution in [0.4, 0.5) is 5.69 Å². The molecule has 0 bridgehead atoms. The molecule has 3 heterocycles. The summed E-state index contributed by atoms with van der Waals surface area (Å²) in [6.45, 7) is 16.2. The van der Waals surface area contributed by atoms with Crippen molar-refractivity contribution in [2.45, 2.75) is 175 Å². The molecule has 2 saturated heterocycles. The number of benzene rings is 2. The summed E-state index contributed by atoms with van der Waals surface area (Å²) in [5, 5.41) is 23.2. The maximum Gasteiger partial charge on any atom is 0.336 e. The molecule has 5 N–H and O–H groups in total. The van der Waals surface area contributed by atoms with Gasteiger partial charge in [0.15, 0.2) is 11.9 Å². The molecule has 11 atom stereocenters. The molecule has 0 saturated carbocycles. The number of carbonyl (C=O) groups excluding carboxylic acids is 10. The summed E-state index contributed by atoms with van der Waals surface area (Å²) >= 11 is 0. The fourth-order valence-electron chi connectivity index (χ4n) is 11.0. The number of hydrogen-bond acceptors (Lipinski definition) is 17. The van der Waals surface area contributed by atoms with Crippen molar-refractivity contribution in [3.8, 4) is 5.75 Å². The van der Waals surface area contributed by atoms with Crippen molar-refractivity contribution < 1.29 is 71.7 Å². The van der Waals surface area contributed by atoms with Gasteiger partial charge in [-0.1, -0.05) is 73.9 Å². The Morgan fingerprint density at radius 1 is 0.852 bits per heavy atom. The van der Waals surface area contributed by atoms with Crippen molar-refractivity contribution in [3.63, 3.8) is 0 Å².